The summed E-state index contributed by atoms with van der Waals surface area (Å²) >= 11 is 0. The van der Waals surface area contributed by atoms with E-state index in [1.165, 1.54) is 12.1 Å². The average Bonchev–Trinajstić information content (AvgIpc) is 2.17. The lowest BCUT2D eigenvalue weighted by Gasteiger charge is -2.07. The van der Waals surface area contributed by atoms with E-state index in [0.717, 1.165) is 12.1 Å². The minimum Gasteiger partial charge on any atom is -0.388 e. The molecule has 0 amide bonds. The highest BCUT2D eigenvalue weighted by Crippen LogP contribution is 2.13. The van der Waals surface area contributed by atoms with Crippen molar-refractivity contribution in [3.63, 3.8) is 0 Å². The molecule has 4 heteroatoms. The van der Waals surface area contributed by atoms with Gasteiger partial charge in [0.05, 0.1) is 0 Å². The molecule has 0 fully saturated rings. The molecule has 0 aromatic heterocycles. The summed E-state index contributed by atoms with van der Waals surface area (Å²) < 4.78 is 12.4. The Balaban J connectivity index is 2.83. The summed E-state index contributed by atoms with van der Waals surface area (Å²) in [4.78, 5) is 10.8. The second-order valence-electron chi connectivity index (χ2n) is 2.58. The van der Waals surface area contributed by atoms with Crippen LogP contribution in [-0.4, -0.2) is 22.6 Å². The van der Waals surface area contributed by atoms with Crippen molar-refractivity contribution in [2.24, 2.45) is 0 Å². The van der Waals surface area contributed by atoms with E-state index in [9.17, 15) is 14.3 Å². The van der Waals surface area contributed by atoms with Crippen LogP contribution in [0.5, 0.6) is 0 Å². The molecule has 0 saturated carbocycles. The van der Waals surface area contributed by atoms with Gasteiger partial charge in [0.15, 0.2) is 5.78 Å². The van der Waals surface area contributed by atoms with E-state index in [1.807, 2.05) is 0 Å². The summed E-state index contributed by atoms with van der Waals surface area (Å²) in [5.41, 5.74) is 0.278. The Bertz CT molecular complexity index is 294. The van der Waals surface area contributed by atoms with Crippen molar-refractivity contribution in [1.82, 2.24) is 0 Å². The molecular weight excluding hydrogens is 175 g/mol. The molecule has 70 valence electrons. The van der Waals surface area contributed by atoms with E-state index in [2.05, 4.69) is 0 Å². The van der Waals surface area contributed by atoms with Crippen LogP contribution >= 0.6 is 0 Å². The highest BCUT2D eigenvalue weighted by atomic mass is 19.1. The molecule has 13 heavy (non-hydrogen) atoms. The van der Waals surface area contributed by atoms with Crippen LogP contribution in [0.3, 0.4) is 0 Å². The van der Waals surface area contributed by atoms with E-state index in [1.54, 1.807) is 0 Å². The topological polar surface area (TPSA) is 57.5 Å². The highest BCUT2D eigenvalue weighted by molar-refractivity contribution is 5.84. The van der Waals surface area contributed by atoms with Gasteiger partial charge in [-0.3, -0.25) is 4.79 Å². The summed E-state index contributed by atoms with van der Waals surface area (Å²) in [5, 5.41) is 17.7. The highest BCUT2D eigenvalue weighted by Gasteiger charge is 2.15. The SMILES string of the molecule is O=C(CO)[C@@H](O)c1ccc(F)cc1. The van der Waals surface area contributed by atoms with Crippen LogP contribution in [0, 0.1) is 5.82 Å². The Morgan fingerprint density at radius 1 is 1.38 bits per heavy atom. The third-order valence-corrected chi connectivity index (χ3v) is 1.65. The lowest BCUT2D eigenvalue weighted by atomic mass is 10.1. The van der Waals surface area contributed by atoms with Gasteiger partial charge in [-0.2, -0.15) is 0 Å². The first-order chi connectivity index (χ1) is 6.15. The zero-order valence-electron chi connectivity index (χ0n) is 6.77. The molecule has 2 N–H and O–H groups in total. The molecule has 0 saturated heterocycles. The maximum Gasteiger partial charge on any atom is 0.191 e. The number of halogens is 1. The molecule has 1 aromatic rings. The fraction of sp³-hybridized carbons (Fsp3) is 0.222. The average molecular weight is 184 g/mol. The minimum absolute atomic E-state index is 0.278. The quantitative estimate of drug-likeness (QED) is 0.715. The first kappa shape index (κ1) is 9.83. The lowest BCUT2D eigenvalue weighted by Crippen LogP contribution is -2.15. The van der Waals surface area contributed by atoms with E-state index in [-0.39, 0.29) is 5.56 Å². The fourth-order valence-electron chi connectivity index (χ4n) is 0.917. The van der Waals surface area contributed by atoms with E-state index in [0.29, 0.717) is 0 Å². The number of Topliss-reactive ketones (excluding diaryl/α,β-unsaturated/α-hetero) is 1. The smallest absolute Gasteiger partial charge is 0.191 e. The molecular formula is C9H9FO3. The Kier molecular flexibility index (Phi) is 3.11. The zero-order chi connectivity index (χ0) is 9.84. The molecule has 0 bridgehead atoms. The number of aliphatic hydroxyl groups is 2. The molecule has 0 unspecified atom stereocenters. The van der Waals surface area contributed by atoms with Crippen molar-refractivity contribution in [1.29, 1.82) is 0 Å². The normalized spacial score (nSPS) is 12.5. The van der Waals surface area contributed by atoms with Gasteiger partial charge in [0.25, 0.3) is 0 Å². The van der Waals surface area contributed by atoms with Gasteiger partial charge in [-0.05, 0) is 17.7 Å². The zero-order valence-corrected chi connectivity index (χ0v) is 6.77. The second kappa shape index (κ2) is 4.11. The van der Waals surface area contributed by atoms with Crippen molar-refractivity contribution in [3.8, 4) is 0 Å². The maximum atomic E-state index is 12.4. The number of ketones is 1. The molecule has 0 aliphatic carbocycles. The number of rotatable bonds is 3. The number of hydrogen-bond donors (Lipinski definition) is 2. The van der Waals surface area contributed by atoms with Gasteiger partial charge in [-0.25, -0.2) is 4.39 Å². The molecule has 0 heterocycles. The van der Waals surface area contributed by atoms with Gasteiger partial charge in [-0.15, -0.1) is 0 Å². The Labute approximate surface area is 74.4 Å². The predicted molar refractivity (Wildman–Crippen MR) is 43.5 cm³/mol. The van der Waals surface area contributed by atoms with Crippen LogP contribution in [-0.2, 0) is 4.79 Å². The molecule has 1 atom stereocenters. The summed E-state index contributed by atoms with van der Waals surface area (Å²) in [7, 11) is 0. The number of aliphatic hydroxyl groups excluding tert-OH is 2. The van der Waals surface area contributed by atoms with Gasteiger partial charge in [0.1, 0.15) is 18.5 Å². The molecule has 0 aliphatic rings. The fourth-order valence-corrected chi connectivity index (χ4v) is 0.917. The van der Waals surface area contributed by atoms with E-state index in [4.69, 9.17) is 5.11 Å². The third kappa shape index (κ3) is 2.34. The third-order valence-electron chi connectivity index (χ3n) is 1.65. The van der Waals surface area contributed by atoms with Crippen LogP contribution in [0.15, 0.2) is 24.3 Å². The Hall–Kier alpha value is -1.26. The summed E-state index contributed by atoms with van der Waals surface area (Å²) in [6.45, 7) is -0.724. The maximum absolute atomic E-state index is 12.4. The second-order valence-corrected chi connectivity index (χ2v) is 2.58. The minimum atomic E-state index is -1.37. The van der Waals surface area contributed by atoms with Crippen LogP contribution in [0.1, 0.15) is 11.7 Å². The van der Waals surface area contributed by atoms with Crippen molar-refractivity contribution in [3.05, 3.63) is 35.6 Å². The van der Waals surface area contributed by atoms with Crippen LogP contribution in [0.25, 0.3) is 0 Å². The summed E-state index contributed by atoms with van der Waals surface area (Å²) in [6, 6.07) is 4.88. The van der Waals surface area contributed by atoms with Crippen molar-refractivity contribution in [2.45, 2.75) is 6.10 Å². The number of benzene rings is 1. The van der Waals surface area contributed by atoms with Crippen molar-refractivity contribution in [2.75, 3.05) is 6.61 Å². The number of hydrogen-bond acceptors (Lipinski definition) is 3. The van der Waals surface area contributed by atoms with Crippen LogP contribution in [0.4, 0.5) is 4.39 Å². The van der Waals surface area contributed by atoms with Gasteiger partial charge < -0.3 is 10.2 Å². The van der Waals surface area contributed by atoms with Gasteiger partial charge >= 0.3 is 0 Å². The van der Waals surface area contributed by atoms with Crippen molar-refractivity contribution >= 4 is 5.78 Å². The monoisotopic (exact) mass is 184 g/mol. The van der Waals surface area contributed by atoms with Crippen LogP contribution < -0.4 is 0 Å². The van der Waals surface area contributed by atoms with Gasteiger partial charge in [-0.1, -0.05) is 12.1 Å². The lowest BCUT2D eigenvalue weighted by molar-refractivity contribution is -0.130. The van der Waals surface area contributed by atoms with E-state index < -0.39 is 24.3 Å². The number of carbonyl (C=O) groups is 1. The molecule has 0 aliphatic heterocycles. The molecule has 1 rings (SSSR count). The predicted octanol–water partition coefficient (Wildman–Crippen LogP) is 0.420. The molecule has 0 radical (unpaired) electrons. The first-order valence-electron chi connectivity index (χ1n) is 3.72. The largest absolute Gasteiger partial charge is 0.388 e. The van der Waals surface area contributed by atoms with Gasteiger partial charge in [0.2, 0.25) is 0 Å². The molecule has 3 nitrogen and oxygen atoms in total. The number of carbonyl (C=O) groups excluding carboxylic acids is 1. The Morgan fingerprint density at radius 2 is 1.92 bits per heavy atom. The first-order valence-corrected chi connectivity index (χ1v) is 3.72. The summed E-state index contributed by atoms with van der Waals surface area (Å²) in [5.74, 6) is -1.14. The van der Waals surface area contributed by atoms with Crippen molar-refractivity contribution < 1.29 is 19.4 Å². The Morgan fingerprint density at radius 3 is 2.38 bits per heavy atom. The van der Waals surface area contributed by atoms with Gasteiger partial charge in [0, 0.05) is 0 Å². The summed E-state index contributed by atoms with van der Waals surface area (Å²) in [6.07, 6.45) is -1.37. The molecule has 1 aromatic carbocycles. The van der Waals surface area contributed by atoms with Crippen LogP contribution in [0.2, 0.25) is 0 Å². The van der Waals surface area contributed by atoms with E-state index >= 15 is 0 Å². The molecule has 0 spiro atoms. The standard InChI is InChI=1S/C9H9FO3/c10-7-3-1-6(2-4-7)9(13)8(12)5-11/h1-4,9,11,13H,5H2/t9-/m0/s1.